The number of imidazole rings is 1. The molecule has 30 heavy (non-hydrogen) atoms. The summed E-state index contributed by atoms with van der Waals surface area (Å²) in [5.41, 5.74) is 12.3. The van der Waals surface area contributed by atoms with Crippen LogP contribution in [0.1, 0.15) is 12.8 Å². The van der Waals surface area contributed by atoms with Crippen molar-refractivity contribution in [3.8, 4) is 0 Å². The number of likely N-dealkylation sites (tertiary alicyclic amines) is 1. The van der Waals surface area contributed by atoms with Gasteiger partial charge in [-0.15, -0.1) is 0 Å². The molecule has 3 atom stereocenters. The molecule has 11 nitrogen and oxygen atoms in total. The van der Waals surface area contributed by atoms with Gasteiger partial charge in [-0.3, -0.25) is 9.59 Å². The lowest BCUT2D eigenvalue weighted by Gasteiger charge is -2.27. The summed E-state index contributed by atoms with van der Waals surface area (Å²) in [6, 6.07) is 4.81. The third kappa shape index (κ3) is 3.22. The van der Waals surface area contributed by atoms with Crippen molar-refractivity contribution < 1.29 is 9.59 Å². The van der Waals surface area contributed by atoms with Gasteiger partial charge in [0.2, 0.25) is 17.8 Å². The average molecular weight is 472 g/mol. The number of halogens is 1. The van der Waals surface area contributed by atoms with Crippen molar-refractivity contribution in [2.24, 2.45) is 5.92 Å². The van der Waals surface area contributed by atoms with Gasteiger partial charge in [0.15, 0.2) is 11.5 Å². The zero-order chi connectivity index (χ0) is 21.0. The first kappa shape index (κ1) is 18.7. The number of hydrogen-bond acceptors (Lipinski definition) is 8. The summed E-state index contributed by atoms with van der Waals surface area (Å²) >= 11 is 3.29. The minimum atomic E-state index is -0.540. The molecule has 3 aromatic rings. The van der Waals surface area contributed by atoms with Gasteiger partial charge in [-0.1, -0.05) is 6.07 Å². The molecule has 2 aliphatic rings. The Hall–Kier alpha value is -3.28. The van der Waals surface area contributed by atoms with E-state index in [1.807, 2.05) is 0 Å². The molecule has 0 bridgehead atoms. The standard InChI is InChI=1S/C18H18BrN9O2/c19-11-2-1-3-12(23-11)24-17(30)10-5-8-4-9(8)28(10)13(29)6-27-7-22-14-15(20)25-18(21)26-16(14)27/h1-3,7-10H,4-6H2,(H,23,24,30)(H4,20,21,25,26)/t8?,9-,10+/m1/s1. The molecule has 1 saturated heterocycles. The highest BCUT2D eigenvalue weighted by Gasteiger charge is 2.56. The second kappa shape index (κ2) is 6.90. The highest BCUT2D eigenvalue weighted by Crippen LogP contribution is 2.48. The summed E-state index contributed by atoms with van der Waals surface area (Å²) in [6.45, 7) is -0.0193. The Morgan fingerprint density at radius 3 is 2.83 bits per heavy atom. The fraction of sp³-hybridized carbons (Fsp3) is 0.333. The Morgan fingerprint density at radius 2 is 2.03 bits per heavy atom. The molecular weight excluding hydrogens is 454 g/mol. The van der Waals surface area contributed by atoms with Crippen molar-refractivity contribution in [1.82, 2.24) is 29.4 Å². The van der Waals surface area contributed by atoms with Gasteiger partial charge in [0.05, 0.1) is 6.33 Å². The lowest BCUT2D eigenvalue weighted by Crippen LogP contribution is -2.46. The number of piperidine rings is 1. The van der Waals surface area contributed by atoms with E-state index in [1.165, 1.54) is 6.33 Å². The molecule has 1 aliphatic carbocycles. The number of rotatable bonds is 4. The molecule has 12 heteroatoms. The van der Waals surface area contributed by atoms with Crippen LogP contribution in [0.15, 0.2) is 29.1 Å². The summed E-state index contributed by atoms with van der Waals surface area (Å²) in [7, 11) is 0. The average Bonchev–Trinajstić information content (AvgIpc) is 3.16. The molecule has 1 aliphatic heterocycles. The smallest absolute Gasteiger partial charge is 0.248 e. The highest BCUT2D eigenvalue weighted by atomic mass is 79.9. The van der Waals surface area contributed by atoms with Crippen LogP contribution in [0.4, 0.5) is 17.6 Å². The van der Waals surface area contributed by atoms with Crippen molar-refractivity contribution in [3.05, 3.63) is 29.1 Å². The quantitative estimate of drug-likeness (QED) is 0.470. The van der Waals surface area contributed by atoms with Crippen molar-refractivity contribution in [2.75, 3.05) is 16.8 Å². The zero-order valence-electron chi connectivity index (χ0n) is 15.7. The van der Waals surface area contributed by atoms with Gasteiger partial charge in [0.1, 0.15) is 28.5 Å². The van der Waals surface area contributed by atoms with Gasteiger partial charge in [-0.2, -0.15) is 9.97 Å². The predicted molar refractivity (Wildman–Crippen MR) is 112 cm³/mol. The lowest BCUT2D eigenvalue weighted by atomic mass is 10.1. The molecule has 3 aromatic heterocycles. The number of anilines is 3. The third-order valence-electron chi connectivity index (χ3n) is 5.48. The number of aromatic nitrogens is 5. The van der Waals surface area contributed by atoms with Crippen LogP contribution in [0.2, 0.25) is 0 Å². The second-order valence-corrected chi connectivity index (χ2v) is 8.27. The molecule has 0 radical (unpaired) electrons. The first-order chi connectivity index (χ1) is 14.4. The first-order valence-electron chi connectivity index (χ1n) is 9.39. The number of nitrogen functional groups attached to an aromatic ring is 2. The van der Waals surface area contributed by atoms with Gasteiger partial charge in [-0.25, -0.2) is 9.97 Å². The summed E-state index contributed by atoms with van der Waals surface area (Å²) in [6.07, 6.45) is 3.04. The number of amides is 2. The van der Waals surface area contributed by atoms with E-state index in [-0.39, 0.29) is 36.2 Å². The van der Waals surface area contributed by atoms with Crippen LogP contribution in [0, 0.1) is 5.92 Å². The van der Waals surface area contributed by atoms with Crippen LogP contribution >= 0.6 is 15.9 Å². The largest absolute Gasteiger partial charge is 0.382 e. The summed E-state index contributed by atoms with van der Waals surface area (Å²) in [5, 5.41) is 2.81. The van der Waals surface area contributed by atoms with Crippen LogP contribution in [0.3, 0.4) is 0 Å². The van der Waals surface area contributed by atoms with E-state index in [0.29, 0.717) is 33.9 Å². The van der Waals surface area contributed by atoms with E-state index >= 15 is 0 Å². The molecule has 4 heterocycles. The molecule has 1 unspecified atom stereocenters. The Labute approximate surface area is 179 Å². The minimum absolute atomic E-state index is 0.0106. The van der Waals surface area contributed by atoms with Gasteiger partial charge < -0.3 is 26.3 Å². The Bertz CT molecular complexity index is 1180. The number of fused-ring (bicyclic) bond motifs is 2. The third-order valence-corrected chi connectivity index (χ3v) is 5.92. The Kier molecular flexibility index (Phi) is 4.31. The molecule has 0 aromatic carbocycles. The second-order valence-electron chi connectivity index (χ2n) is 7.46. The Balaban J connectivity index is 1.36. The number of carbonyl (C=O) groups excluding carboxylic acids is 2. The zero-order valence-corrected chi connectivity index (χ0v) is 17.3. The van der Waals surface area contributed by atoms with Gasteiger partial charge in [0.25, 0.3) is 0 Å². The van der Waals surface area contributed by atoms with Crippen molar-refractivity contribution in [3.63, 3.8) is 0 Å². The number of carbonyl (C=O) groups is 2. The normalized spacial score (nSPS) is 22.2. The Morgan fingerprint density at radius 1 is 1.20 bits per heavy atom. The van der Waals surface area contributed by atoms with E-state index in [0.717, 1.165) is 6.42 Å². The van der Waals surface area contributed by atoms with E-state index in [1.54, 1.807) is 27.7 Å². The summed E-state index contributed by atoms with van der Waals surface area (Å²) in [5.74, 6) is 0.533. The number of nitrogens with two attached hydrogens (primary N) is 2. The van der Waals surface area contributed by atoms with E-state index in [9.17, 15) is 9.59 Å². The van der Waals surface area contributed by atoms with E-state index < -0.39 is 6.04 Å². The number of nitrogens with one attached hydrogen (secondary N) is 1. The number of nitrogens with zero attached hydrogens (tertiary/aromatic N) is 6. The fourth-order valence-electron chi connectivity index (χ4n) is 4.06. The molecular formula is C18H18BrN9O2. The summed E-state index contributed by atoms with van der Waals surface area (Å²) in [4.78, 5) is 44.1. The van der Waals surface area contributed by atoms with Crippen molar-refractivity contribution in [2.45, 2.75) is 31.5 Å². The lowest BCUT2D eigenvalue weighted by molar-refractivity contribution is -0.138. The topological polar surface area (TPSA) is 158 Å². The SMILES string of the molecule is Nc1nc(N)c2ncn(CC(=O)N3[C@@H]4CC4C[C@H]3C(=O)Nc3cccc(Br)n3)c2n1. The highest BCUT2D eigenvalue weighted by molar-refractivity contribution is 9.10. The van der Waals surface area contributed by atoms with Crippen LogP contribution in [-0.4, -0.2) is 53.3 Å². The molecule has 1 saturated carbocycles. The predicted octanol–water partition coefficient (Wildman–Crippen LogP) is 0.776. The van der Waals surface area contributed by atoms with E-state index in [4.69, 9.17) is 11.5 Å². The summed E-state index contributed by atoms with van der Waals surface area (Å²) < 4.78 is 2.20. The fourth-order valence-corrected chi connectivity index (χ4v) is 4.41. The minimum Gasteiger partial charge on any atom is -0.382 e. The maximum Gasteiger partial charge on any atom is 0.248 e. The molecule has 154 valence electrons. The van der Waals surface area contributed by atoms with Gasteiger partial charge in [0, 0.05) is 6.04 Å². The van der Waals surface area contributed by atoms with Crippen molar-refractivity contribution in [1.29, 1.82) is 0 Å². The maximum atomic E-state index is 13.2. The molecule has 2 fully saturated rings. The van der Waals surface area contributed by atoms with Crippen molar-refractivity contribution >= 4 is 56.5 Å². The van der Waals surface area contributed by atoms with Crippen LogP contribution < -0.4 is 16.8 Å². The monoisotopic (exact) mass is 471 g/mol. The number of hydrogen-bond donors (Lipinski definition) is 3. The number of pyridine rings is 1. The molecule has 5 N–H and O–H groups in total. The van der Waals surface area contributed by atoms with Crippen LogP contribution in [0.25, 0.3) is 11.2 Å². The van der Waals surface area contributed by atoms with Crippen LogP contribution in [-0.2, 0) is 16.1 Å². The van der Waals surface area contributed by atoms with E-state index in [2.05, 4.69) is 41.2 Å². The first-order valence-corrected chi connectivity index (χ1v) is 10.2. The molecule has 2 amide bonds. The van der Waals surface area contributed by atoms with Crippen LogP contribution in [0.5, 0.6) is 0 Å². The van der Waals surface area contributed by atoms with Gasteiger partial charge >= 0.3 is 0 Å². The molecule has 0 spiro atoms. The maximum absolute atomic E-state index is 13.2. The molecule has 5 rings (SSSR count). The van der Waals surface area contributed by atoms with Gasteiger partial charge in [-0.05, 0) is 46.8 Å².